The van der Waals surface area contributed by atoms with Crippen molar-refractivity contribution in [2.45, 2.75) is 6.54 Å². The van der Waals surface area contributed by atoms with Gasteiger partial charge in [-0.3, -0.25) is 0 Å². The smallest absolute Gasteiger partial charge is 0.169 e. The third kappa shape index (κ3) is 2.12. The standard InChI is InChI=1S/C10H15NO2/c1-11-7-8-5-4-6-9(12-2)10(8)13-3/h4-6H,1,7,11H2,2-3H3. The fourth-order valence-electron chi connectivity index (χ4n) is 1.27. The third-order valence-corrected chi connectivity index (χ3v) is 1.85. The molecular formula is C10H15NO2. The van der Waals surface area contributed by atoms with E-state index in [0.29, 0.717) is 0 Å². The molecule has 0 aliphatic rings. The molecule has 0 spiro atoms. The minimum Gasteiger partial charge on any atom is -0.493 e. The molecule has 72 valence electrons. The van der Waals surface area contributed by atoms with Gasteiger partial charge in [-0.1, -0.05) is 6.07 Å². The molecule has 2 N–H and O–H groups in total. The third-order valence-electron chi connectivity index (χ3n) is 1.85. The number of rotatable bonds is 4. The number of ether oxygens (including phenoxy) is 2. The summed E-state index contributed by atoms with van der Waals surface area (Å²) in [5, 5.41) is 1.84. The molecule has 0 aromatic heterocycles. The van der Waals surface area contributed by atoms with Crippen molar-refractivity contribution in [2.75, 3.05) is 14.2 Å². The molecule has 0 amide bonds. The molecular weight excluding hydrogens is 166 g/mol. The van der Waals surface area contributed by atoms with Crippen LogP contribution in [0.5, 0.6) is 11.5 Å². The molecule has 0 heterocycles. The van der Waals surface area contributed by atoms with Gasteiger partial charge in [0.15, 0.2) is 11.5 Å². The van der Waals surface area contributed by atoms with Crippen molar-refractivity contribution in [1.82, 2.24) is 0 Å². The zero-order chi connectivity index (χ0) is 9.68. The first-order chi connectivity index (χ1) is 6.33. The second-order valence-electron chi connectivity index (χ2n) is 2.65. The summed E-state index contributed by atoms with van der Waals surface area (Å²) < 4.78 is 10.4. The maximum absolute atomic E-state index is 5.25. The Bertz CT molecular complexity index is 274. The van der Waals surface area contributed by atoms with Gasteiger partial charge in [0, 0.05) is 5.56 Å². The lowest BCUT2D eigenvalue weighted by molar-refractivity contribution is -0.612. The Labute approximate surface area is 78.7 Å². The van der Waals surface area contributed by atoms with Crippen molar-refractivity contribution >= 4 is 0 Å². The van der Waals surface area contributed by atoms with Crippen molar-refractivity contribution in [2.24, 2.45) is 0 Å². The van der Waals surface area contributed by atoms with Crippen LogP contribution in [0.2, 0.25) is 0 Å². The van der Waals surface area contributed by atoms with Crippen molar-refractivity contribution < 1.29 is 14.8 Å². The molecule has 1 aromatic carbocycles. The van der Waals surface area contributed by atoms with E-state index in [1.807, 2.05) is 23.5 Å². The highest BCUT2D eigenvalue weighted by Crippen LogP contribution is 2.29. The van der Waals surface area contributed by atoms with Crippen LogP contribution in [0.3, 0.4) is 0 Å². The first kappa shape index (κ1) is 9.86. The molecule has 0 fully saturated rings. The Hall–Kier alpha value is -1.22. The molecule has 0 atom stereocenters. The van der Waals surface area contributed by atoms with Gasteiger partial charge in [0.25, 0.3) is 0 Å². The number of para-hydroxylation sites is 1. The van der Waals surface area contributed by atoms with Crippen LogP contribution < -0.4 is 14.8 Å². The van der Waals surface area contributed by atoms with Crippen LogP contribution in [0.1, 0.15) is 5.56 Å². The lowest BCUT2D eigenvalue weighted by Gasteiger charge is -2.11. The minimum absolute atomic E-state index is 0.766. The van der Waals surface area contributed by atoms with E-state index >= 15 is 0 Å². The van der Waals surface area contributed by atoms with Gasteiger partial charge in [0.05, 0.1) is 20.8 Å². The average Bonchev–Trinajstić information content (AvgIpc) is 2.18. The van der Waals surface area contributed by atoms with E-state index in [-0.39, 0.29) is 0 Å². The largest absolute Gasteiger partial charge is 0.493 e. The quantitative estimate of drug-likeness (QED) is 0.689. The van der Waals surface area contributed by atoms with Gasteiger partial charge in [0.2, 0.25) is 0 Å². The SMILES string of the molecule is [CH2-][NH2+]Cc1cccc(OC)c1OC. The van der Waals surface area contributed by atoms with E-state index in [0.717, 1.165) is 23.6 Å². The normalized spacial score (nSPS) is 9.77. The Morgan fingerprint density at radius 1 is 1.31 bits per heavy atom. The predicted octanol–water partition coefficient (Wildman–Crippen LogP) is 0.559. The summed E-state index contributed by atoms with van der Waals surface area (Å²) in [6.45, 7) is 0.792. The maximum atomic E-state index is 5.25. The molecule has 0 radical (unpaired) electrons. The van der Waals surface area contributed by atoms with Crippen LogP contribution in [0.4, 0.5) is 0 Å². The van der Waals surface area contributed by atoms with Gasteiger partial charge < -0.3 is 14.8 Å². The lowest BCUT2D eigenvalue weighted by atomic mass is 10.2. The van der Waals surface area contributed by atoms with Crippen LogP contribution in [0, 0.1) is 7.05 Å². The van der Waals surface area contributed by atoms with Crippen LogP contribution in [0.15, 0.2) is 18.2 Å². The molecule has 0 unspecified atom stereocenters. The molecule has 0 bridgehead atoms. The van der Waals surface area contributed by atoms with Crippen LogP contribution >= 0.6 is 0 Å². The number of quaternary nitrogens is 1. The Morgan fingerprint density at radius 3 is 2.62 bits per heavy atom. The van der Waals surface area contributed by atoms with E-state index in [2.05, 4.69) is 7.05 Å². The summed E-state index contributed by atoms with van der Waals surface area (Å²) >= 11 is 0. The summed E-state index contributed by atoms with van der Waals surface area (Å²) in [5.74, 6) is 1.56. The van der Waals surface area contributed by atoms with E-state index in [9.17, 15) is 0 Å². The Kier molecular flexibility index (Phi) is 3.58. The van der Waals surface area contributed by atoms with Gasteiger partial charge in [-0.25, -0.2) is 0 Å². The van der Waals surface area contributed by atoms with Gasteiger partial charge in [-0.2, -0.15) is 7.05 Å². The van der Waals surface area contributed by atoms with Crippen molar-refractivity contribution in [3.05, 3.63) is 30.8 Å². The predicted molar refractivity (Wildman–Crippen MR) is 50.5 cm³/mol. The number of hydrogen-bond donors (Lipinski definition) is 1. The first-order valence-electron chi connectivity index (χ1n) is 4.14. The fourth-order valence-corrected chi connectivity index (χ4v) is 1.27. The second kappa shape index (κ2) is 4.72. The zero-order valence-electron chi connectivity index (χ0n) is 8.04. The van der Waals surface area contributed by atoms with Gasteiger partial charge in [-0.05, 0) is 12.1 Å². The van der Waals surface area contributed by atoms with Crippen LogP contribution in [0.25, 0.3) is 0 Å². The number of hydrogen-bond acceptors (Lipinski definition) is 2. The van der Waals surface area contributed by atoms with Crippen molar-refractivity contribution in [3.63, 3.8) is 0 Å². The molecule has 3 heteroatoms. The van der Waals surface area contributed by atoms with Gasteiger partial charge >= 0.3 is 0 Å². The van der Waals surface area contributed by atoms with Crippen LogP contribution in [-0.4, -0.2) is 14.2 Å². The molecule has 13 heavy (non-hydrogen) atoms. The average molecular weight is 181 g/mol. The lowest BCUT2D eigenvalue weighted by Crippen LogP contribution is -2.74. The number of methoxy groups -OCH3 is 2. The van der Waals surface area contributed by atoms with Crippen LogP contribution in [-0.2, 0) is 6.54 Å². The molecule has 1 rings (SSSR count). The summed E-state index contributed by atoms with van der Waals surface area (Å²) in [6.07, 6.45) is 0. The summed E-state index contributed by atoms with van der Waals surface area (Å²) in [7, 11) is 6.97. The van der Waals surface area contributed by atoms with Crippen molar-refractivity contribution in [1.29, 1.82) is 0 Å². The molecule has 1 aromatic rings. The monoisotopic (exact) mass is 181 g/mol. The Morgan fingerprint density at radius 2 is 2.08 bits per heavy atom. The van der Waals surface area contributed by atoms with E-state index in [1.165, 1.54) is 0 Å². The maximum Gasteiger partial charge on any atom is 0.169 e. The fraction of sp³-hybridized carbons (Fsp3) is 0.300. The second-order valence-corrected chi connectivity index (χ2v) is 2.65. The summed E-state index contributed by atoms with van der Waals surface area (Å²) in [4.78, 5) is 0. The highest BCUT2D eigenvalue weighted by molar-refractivity contribution is 5.46. The minimum atomic E-state index is 0.766. The van der Waals surface area contributed by atoms with Gasteiger partial charge in [0.1, 0.15) is 0 Å². The zero-order valence-corrected chi connectivity index (χ0v) is 8.04. The first-order valence-corrected chi connectivity index (χ1v) is 4.14. The molecule has 0 saturated heterocycles. The highest BCUT2D eigenvalue weighted by Gasteiger charge is 2.08. The number of nitrogens with two attached hydrogens (primary N) is 1. The number of benzene rings is 1. The van der Waals surface area contributed by atoms with Crippen molar-refractivity contribution in [3.8, 4) is 11.5 Å². The molecule has 3 nitrogen and oxygen atoms in total. The molecule has 0 aliphatic carbocycles. The van der Waals surface area contributed by atoms with Gasteiger partial charge in [-0.15, -0.1) is 0 Å². The Balaban J connectivity index is 3.03. The van der Waals surface area contributed by atoms with E-state index in [1.54, 1.807) is 14.2 Å². The topological polar surface area (TPSA) is 35.1 Å². The van der Waals surface area contributed by atoms with E-state index in [4.69, 9.17) is 9.47 Å². The van der Waals surface area contributed by atoms with E-state index < -0.39 is 0 Å². The summed E-state index contributed by atoms with van der Waals surface area (Å²) in [6, 6.07) is 5.83. The highest BCUT2D eigenvalue weighted by atomic mass is 16.5. The molecule has 0 aliphatic heterocycles. The summed E-state index contributed by atoms with van der Waals surface area (Å²) in [5.41, 5.74) is 1.09. The molecule has 0 saturated carbocycles.